The fourth-order valence-corrected chi connectivity index (χ4v) is 4.49. The molecule has 2 aromatic carbocycles. The highest BCUT2D eigenvalue weighted by Crippen LogP contribution is 2.25. The Morgan fingerprint density at radius 3 is 2.41 bits per heavy atom. The maximum absolute atomic E-state index is 12.7. The lowest BCUT2D eigenvalue weighted by Crippen LogP contribution is -2.35. The topological polar surface area (TPSA) is 94.0 Å². The molecule has 0 aliphatic carbocycles. The number of carbonyl (C=O) groups excluding carboxylic acids is 3. The van der Waals surface area contributed by atoms with Crippen molar-refractivity contribution in [1.29, 1.82) is 0 Å². The lowest BCUT2D eigenvalue weighted by Gasteiger charge is -2.27. The summed E-state index contributed by atoms with van der Waals surface area (Å²) in [5, 5.41) is 4.46. The number of aromatic nitrogens is 2. The monoisotopic (exact) mass is 504 g/mol. The largest absolute Gasteiger partial charge is 0.497 e. The van der Waals surface area contributed by atoms with Gasteiger partial charge in [-0.25, -0.2) is 9.48 Å². The smallest absolute Gasteiger partial charge is 0.359 e. The summed E-state index contributed by atoms with van der Waals surface area (Å²) in [7, 11) is 3.52. The van der Waals surface area contributed by atoms with Gasteiger partial charge in [-0.05, 0) is 74.7 Å². The van der Waals surface area contributed by atoms with E-state index in [-0.39, 0.29) is 18.2 Å². The van der Waals surface area contributed by atoms with Crippen LogP contribution in [0.25, 0.3) is 5.69 Å². The highest BCUT2D eigenvalue weighted by atomic mass is 16.5. The van der Waals surface area contributed by atoms with Gasteiger partial charge in [0.1, 0.15) is 11.4 Å². The van der Waals surface area contributed by atoms with E-state index < -0.39 is 5.97 Å². The maximum Gasteiger partial charge on any atom is 0.359 e. The number of methoxy groups -OCH3 is 1. The van der Waals surface area contributed by atoms with Crippen LogP contribution in [0.5, 0.6) is 5.75 Å². The van der Waals surface area contributed by atoms with Gasteiger partial charge in [0.05, 0.1) is 19.4 Å². The molecule has 1 aliphatic heterocycles. The first-order valence-corrected chi connectivity index (χ1v) is 12.5. The number of esters is 1. The third-order valence-electron chi connectivity index (χ3n) is 6.54. The number of ether oxygens (including phenoxy) is 2. The number of hydrogen-bond acceptors (Lipinski definition) is 7. The minimum atomic E-state index is -0.564. The normalized spacial score (nSPS) is 13.4. The van der Waals surface area contributed by atoms with Gasteiger partial charge in [-0.3, -0.25) is 9.59 Å². The summed E-state index contributed by atoms with van der Waals surface area (Å²) in [5.41, 5.74) is 3.46. The molecule has 0 radical (unpaired) electrons. The van der Waals surface area contributed by atoms with Gasteiger partial charge in [0.2, 0.25) is 5.91 Å². The number of piperidine rings is 1. The van der Waals surface area contributed by atoms with Crippen LogP contribution in [-0.2, 0) is 16.0 Å². The van der Waals surface area contributed by atoms with Crippen LogP contribution in [0.3, 0.4) is 0 Å². The number of nitrogens with zero attached hydrogens (tertiary/aromatic N) is 4. The zero-order valence-corrected chi connectivity index (χ0v) is 21.5. The van der Waals surface area contributed by atoms with Gasteiger partial charge < -0.3 is 19.3 Å². The van der Waals surface area contributed by atoms with Crippen molar-refractivity contribution < 1.29 is 23.9 Å². The molecule has 0 spiro atoms. The number of anilines is 2. The van der Waals surface area contributed by atoms with E-state index in [1.54, 1.807) is 38.3 Å². The molecule has 0 saturated carbocycles. The Bertz CT molecular complexity index is 1250. The molecule has 37 heavy (non-hydrogen) atoms. The molecular formula is C28H32N4O5. The SMILES string of the molecule is CCOC(=O)c1nn(-c2ccc(OC)cc2)c(C=O)c1CCN(C)c1ccc(N2CCCCC2=O)cc1. The summed E-state index contributed by atoms with van der Waals surface area (Å²) < 4.78 is 11.9. The molecule has 0 unspecified atom stereocenters. The van der Waals surface area contributed by atoms with Gasteiger partial charge in [-0.2, -0.15) is 5.10 Å². The van der Waals surface area contributed by atoms with Crippen molar-refractivity contribution in [1.82, 2.24) is 9.78 Å². The Morgan fingerprint density at radius 1 is 1.08 bits per heavy atom. The quantitative estimate of drug-likeness (QED) is 0.304. The number of rotatable bonds is 10. The first-order valence-electron chi connectivity index (χ1n) is 12.5. The lowest BCUT2D eigenvalue weighted by molar-refractivity contribution is -0.119. The first kappa shape index (κ1) is 25.9. The Morgan fingerprint density at radius 2 is 1.78 bits per heavy atom. The fraction of sp³-hybridized carbons (Fsp3) is 0.357. The average molecular weight is 505 g/mol. The van der Waals surface area contributed by atoms with Gasteiger partial charge in [0.25, 0.3) is 0 Å². The number of aldehydes is 1. The second kappa shape index (κ2) is 11.7. The highest BCUT2D eigenvalue weighted by Gasteiger charge is 2.25. The van der Waals surface area contributed by atoms with Crippen LogP contribution in [0, 0.1) is 0 Å². The second-order valence-electron chi connectivity index (χ2n) is 8.85. The van der Waals surface area contributed by atoms with E-state index in [4.69, 9.17) is 9.47 Å². The van der Waals surface area contributed by atoms with Gasteiger partial charge in [0, 0.05) is 43.5 Å². The van der Waals surface area contributed by atoms with E-state index in [1.165, 1.54) is 4.68 Å². The molecule has 9 heteroatoms. The zero-order valence-electron chi connectivity index (χ0n) is 21.5. The summed E-state index contributed by atoms with van der Waals surface area (Å²) >= 11 is 0. The average Bonchev–Trinajstić information content (AvgIpc) is 3.31. The fourth-order valence-electron chi connectivity index (χ4n) is 4.49. The van der Waals surface area contributed by atoms with Crippen LogP contribution in [-0.4, -0.2) is 61.8 Å². The molecule has 0 N–H and O–H groups in total. The second-order valence-corrected chi connectivity index (χ2v) is 8.85. The van der Waals surface area contributed by atoms with E-state index in [2.05, 4.69) is 5.10 Å². The summed E-state index contributed by atoms with van der Waals surface area (Å²) in [6.45, 7) is 3.21. The molecule has 2 heterocycles. The summed E-state index contributed by atoms with van der Waals surface area (Å²) in [6.07, 6.45) is 3.68. The molecule has 194 valence electrons. The van der Waals surface area contributed by atoms with Crippen LogP contribution in [0.15, 0.2) is 48.5 Å². The Kier molecular flexibility index (Phi) is 8.22. The Labute approximate surface area is 216 Å². The van der Waals surface area contributed by atoms with Gasteiger partial charge >= 0.3 is 5.97 Å². The number of benzene rings is 2. The van der Waals surface area contributed by atoms with E-state index in [9.17, 15) is 14.4 Å². The minimum Gasteiger partial charge on any atom is -0.497 e. The standard InChI is InChI=1S/C28H32N4O5/c1-4-37-28(35)27-24(25(19-33)32(29-27)22-12-14-23(36-3)15-13-22)16-18-30(2)20-8-10-21(11-9-20)31-17-6-5-7-26(31)34/h8-15,19H,4-7,16-18H2,1-3H3. The van der Waals surface area contributed by atoms with Crippen molar-refractivity contribution in [2.24, 2.45) is 0 Å². The summed E-state index contributed by atoms with van der Waals surface area (Å²) in [6, 6.07) is 15.0. The number of amides is 1. The van der Waals surface area contributed by atoms with Crippen molar-refractivity contribution in [3.05, 3.63) is 65.5 Å². The zero-order chi connectivity index (χ0) is 26.4. The van der Waals surface area contributed by atoms with Gasteiger partial charge in [-0.1, -0.05) is 0 Å². The van der Waals surface area contributed by atoms with Crippen molar-refractivity contribution in [2.75, 3.05) is 43.7 Å². The maximum atomic E-state index is 12.7. The van der Waals surface area contributed by atoms with Crippen molar-refractivity contribution in [3.63, 3.8) is 0 Å². The summed E-state index contributed by atoms with van der Waals surface area (Å²) in [5.74, 6) is 0.270. The molecular weight excluding hydrogens is 472 g/mol. The molecule has 0 atom stereocenters. The molecule has 3 aromatic rings. The molecule has 1 saturated heterocycles. The number of hydrogen-bond donors (Lipinski definition) is 0. The molecule has 0 bridgehead atoms. The Hall–Kier alpha value is -4.14. The highest BCUT2D eigenvalue weighted by molar-refractivity contribution is 5.94. The van der Waals surface area contributed by atoms with Crippen LogP contribution in [0.2, 0.25) is 0 Å². The van der Waals surface area contributed by atoms with E-state index >= 15 is 0 Å². The minimum absolute atomic E-state index is 0.132. The number of carbonyl (C=O) groups is 3. The van der Waals surface area contributed by atoms with Crippen LogP contribution in [0.1, 0.15) is 52.7 Å². The third kappa shape index (κ3) is 5.66. The van der Waals surface area contributed by atoms with Crippen molar-refractivity contribution in [3.8, 4) is 11.4 Å². The lowest BCUT2D eigenvalue weighted by atomic mass is 10.1. The molecule has 1 fully saturated rings. The molecule has 1 amide bonds. The number of likely N-dealkylation sites (N-methyl/N-ethyl adjacent to an activating group) is 1. The molecule has 4 rings (SSSR count). The van der Waals surface area contributed by atoms with Crippen LogP contribution >= 0.6 is 0 Å². The predicted molar refractivity (Wildman–Crippen MR) is 141 cm³/mol. The first-order chi connectivity index (χ1) is 18.0. The van der Waals surface area contributed by atoms with E-state index in [1.807, 2.05) is 41.1 Å². The van der Waals surface area contributed by atoms with Crippen LogP contribution < -0.4 is 14.5 Å². The molecule has 1 aromatic heterocycles. The van der Waals surface area contributed by atoms with E-state index in [0.29, 0.717) is 42.1 Å². The van der Waals surface area contributed by atoms with Crippen molar-refractivity contribution in [2.45, 2.75) is 32.6 Å². The third-order valence-corrected chi connectivity index (χ3v) is 6.54. The van der Waals surface area contributed by atoms with Crippen LogP contribution in [0.4, 0.5) is 11.4 Å². The van der Waals surface area contributed by atoms with E-state index in [0.717, 1.165) is 37.0 Å². The molecule has 1 aliphatic rings. The Balaban J connectivity index is 1.56. The molecule has 9 nitrogen and oxygen atoms in total. The predicted octanol–water partition coefficient (Wildman–Crippen LogP) is 4.07. The van der Waals surface area contributed by atoms with Gasteiger partial charge in [0.15, 0.2) is 12.0 Å². The van der Waals surface area contributed by atoms with Crippen molar-refractivity contribution >= 4 is 29.5 Å². The summed E-state index contributed by atoms with van der Waals surface area (Å²) in [4.78, 5) is 41.0. The van der Waals surface area contributed by atoms with Gasteiger partial charge in [-0.15, -0.1) is 0 Å².